The van der Waals surface area contributed by atoms with Crippen LogP contribution in [0.25, 0.3) is 0 Å². The number of hydrogen-bond acceptors (Lipinski definition) is 5. The molecule has 28 heavy (non-hydrogen) atoms. The van der Waals surface area contributed by atoms with Crippen LogP contribution >= 0.6 is 0 Å². The number of carbonyl (C=O) groups is 1. The molecule has 1 aliphatic carbocycles. The summed E-state index contributed by atoms with van der Waals surface area (Å²) in [5.41, 5.74) is 1.58. The Balaban J connectivity index is 0.00000136. The first-order valence-corrected chi connectivity index (χ1v) is 9.42. The van der Waals surface area contributed by atoms with Gasteiger partial charge in [-0.3, -0.25) is 9.78 Å². The van der Waals surface area contributed by atoms with E-state index in [2.05, 4.69) is 14.6 Å². The van der Waals surface area contributed by atoms with Gasteiger partial charge in [-0.15, -0.1) is 0 Å². The molecule has 0 atom stereocenters. The van der Waals surface area contributed by atoms with Gasteiger partial charge in [0.05, 0.1) is 13.3 Å². The molecule has 0 unspecified atom stereocenters. The number of ketones is 1. The molecule has 152 valence electrons. The van der Waals surface area contributed by atoms with E-state index in [9.17, 15) is 13.6 Å². The maximum absolute atomic E-state index is 12.4. The zero-order valence-electron chi connectivity index (χ0n) is 16.4. The van der Waals surface area contributed by atoms with Crippen molar-refractivity contribution >= 4 is 17.2 Å². The van der Waals surface area contributed by atoms with Crippen LogP contribution in [0.5, 0.6) is 11.5 Å². The van der Waals surface area contributed by atoms with Crippen molar-refractivity contribution < 1.29 is 23.0 Å². The highest BCUT2D eigenvalue weighted by molar-refractivity contribution is 5.80. The van der Waals surface area contributed by atoms with Gasteiger partial charge >= 0.3 is 6.61 Å². The summed E-state index contributed by atoms with van der Waals surface area (Å²) in [6, 6.07) is 8.32. The third-order valence-electron chi connectivity index (χ3n) is 4.46. The number of rotatable bonds is 6. The Labute approximate surface area is 164 Å². The highest BCUT2D eigenvalue weighted by atomic mass is 19.3. The number of anilines is 2. The molecule has 0 aliphatic heterocycles. The lowest BCUT2D eigenvalue weighted by molar-refractivity contribution is -0.120. The van der Waals surface area contributed by atoms with Crippen molar-refractivity contribution in [3.05, 3.63) is 42.7 Å². The average Bonchev–Trinajstić information content (AvgIpc) is 2.72. The zero-order chi connectivity index (χ0) is 20.5. The molecule has 1 aromatic carbocycles. The highest BCUT2D eigenvalue weighted by Gasteiger charge is 2.28. The van der Waals surface area contributed by atoms with E-state index in [1.165, 1.54) is 12.1 Å². The summed E-state index contributed by atoms with van der Waals surface area (Å²) in [7, 11) is 1.58. The predicted molar refractivity (Wildman–Crippen MR) is 105 cm³/mol. The van der Waals surface area contributed by atoms with Crippen molar-refractivity contribution in [3.8, 4) is 11.5 Å². The number of nitrogens with zero attached hydrogens (tertiary/aromatic N) is 2. The Bertz CT molecular complexity index is 744. The summed E-state index contributed by atoms with van der Waals surface area (Å²) in [6.45, 7) is 1.14. The van der Waals surface area contributed by atoms with Crippen LogP contribution in [0.1, 0.15) is 39.5 Å². The van der Waals surface area contributed by atoms with Crippen LogP contribution in [0.4, 0.5) is 20.2 Å². The third-order valence-corrected chi connectivity index (χ3v) is 4.46. The fourth-order valence-corrected chi connectivity index (χ4v) is 3.24. The Kier molecular flexibility index (Phi) is 8.17. The van der Waals surface area contributed by atoms with Crippen LogP contribution in [0.15, 0.2) is 42.7 Å². The second-order valence-corrected chi connectivity index (χ2v) is 6.06. The van der Waals surface area contributed by atoms with E-state index in [0.29, 0.717) is 31.4 Å². The van der Waals surface area contributed by atoms with Gasteiger partial charge < -0.3 is 14.4 Å². The molecular formula is C21H26F2N2O3. The first kappa shape index (κ1) is 21.6. The lowest BCUT2D eigenvalue weighted by Gasteiger charge is -2.36. The first-order chi connectivity index (χ1) is 13.6. The summed E-state index contributed by atoms with van der Waals surface area (Å²) in [4.78, 5) is 17.9. The molecule has 1 fully saturated rings. The second-order valence-electron chi connectivity index (χ2n) is 6.06. The van der Waals surface area contributed by atoms with Crippen molar-refractivity contribution in [2.24, 2.45) is 0 Å². The number of halogens is 2. The van der Waals surface area contributed by atoms with Crippen LogP contribution in [-0.2, 0) is 4.79 Å². The maximum Gasteiger partial charge on any atom is 0.387 e. The monoisotopic (exact) mass is 392 g/mol. The molecule has 0 amide bonds. The zero-order valence-corrected chi connectivity index (χ0v) is 16.4. The van der Waals surface area contributed by atoms with Gasteiger partial charge in [0.1, 0.15) is 23.0 Å². The quantitative estimate of drug-likeness (QED) is 0.662. The summed E-state index contributed by atoms with van der Waals surface area (Å²) >= 11 is 0. The van der Waals surface area contributed by atoms with E-state index in [1.807, 2.05) is 13.8 Å². The number of carbonyl (C=O) groups excluding carboxylic acids is 1. The van der Waals surface area contributed by atoms with E-state index in [1.54, 1.807) is 37.7 Å². The Morgan fingerprint density at radius 3 is 2.32 bits per heavy atom. The molecule has 0 spiro atoms. The van der Waals surface area contributed by atoms with Crippen LogP contribution in [0.2, 0.25) is 0 Å². The summed E-state index contributed by atoms with van der Waals surface area (Å²) in [5.74, 6) is 1.02. The molecule has 1 heterocycles. The number of Topliss-reactive ketones (excluding diaryl/α,β-unsaturated/α-hetero) is 1. The van der Waals surface area contributed by atoms with E-state index >= 15 is 0 Å². The molecule has 0 saturated heterocycles. The van der Waals surface area contributed by atoms with Gasteiger partial charge in [0, 0.05) is 36.8 Å². The van der Waals surface area contributed by atoms with Crippen molar-refractivity contribution in [1.82, 2.24) is 4.98 Å². The average molecular weight is 392 g/mol. The number of ether oxygens (including phenoxy) is 2. The van der Waals surface area contributed by atoms with Gasteiger partial charge in [0.25, 0.3) is 0 Å². The lowest BCUT2D eigenvalue weighted by Crippen LogP contribution is -2.35. The summed E-state index contributed by atoms with van der Waals surface area (Å²) in [5, 5.41) is 0. The second kappa shape index (κ2) is 10.6. The highest BCUT2D eigenvalue weighted by Crippen LogP contribution is 2.38. The molecule has 0 radical (unpaired) electrons. The van der Waals surface area contributed by atoms with Gasteiger partial charge in [-0.25, -0.2) is 0 Å². The number of hydrogen-bond donors (Lipinski definition) is 0. The minimum Gasteiger partial charge on any atom is -0.494 e. The van der Waals surface area contributed by atoms with E-state index in [4.69, 9.17) is 4.74 Å². The smallest absolute Gasteiger partial charge is 0.387 e. The molecule has 2 aromatic rings. The topological polar surface area (TPSA) is 51.7 Å². The Morgan fingerprint density at radius 2 is 1.75 bits per heavy atom. The van der Waals surface area contributed by atoms with E-state index < -0.39 is 6.61 Å². The van der Waals surface area contributed by atoms with Crippen molar-refractivity contribution in [3.63, 3.8) is 0 Å². The molecule has 0 N–H and O–H groups in total. The Morgan fingerprint density at radius 1 is 1.11 bits per heavy atom. The fourth-order valence-electron chi connectivity index (χ4n) is 3.24. The largest absolute Gasteiger partial charge is 0.494 e. The standard InChI is InChI=1S/C19H20F2N2O3.C2H6/c1-25-18-10-11-22-12-17(18)23(13-2-6-15(24)7-3-13)14-4-8-16(9-5-14)26-19(20)21;1-2/h4-5,8-13,19H,2-3,6-7H2,1H3;1-2H3. The molecular weight excluding hydrogens is 366 g/mol. The number of aromatic nitrogens is 1. The minimum absolute atomic E-state index is 0.0904. The van der Waals surface area contributed by atoms with Crippen molar-refractivity contribution in [2.45, 2.75) is 52.2 Å². The van der Waals surface area contributed by atoms with Crippen LogP contribution in [0, 0.1) is 0 Å². The van der Waals surface area contributed by atoms with Crippen molar-refractivity contribution in [2.75, 3.05) is 12.0 Å². The number of benzene rings is 1. The van der Waals surface area contributed by atoms with Crippen molar-refractivity contribution in [1.29, 1.82) is 0 Å². The van der Waals surface area contributed by atoms with Crippen LogP contribution in [-0.4, -0.2) is 30.5 Å². The maximum atomic E-state index is 12.4. The first-order valence-electron chi connectivity index (χ1n) is 9.42. The summed E-state index contributed by atoms with van der Waals surface area (Å²) < 4.78 is 34.7. The van der Waals surface area contributed by atoms with Gasteiger partial charge in [-0.2, -0.15) is 8.78 Å². The molecule has 3 rings (SSSR count). The van der Waals surface area contributed by atoms with Gasteiger partial charge in [-0.1, -0.05) is 13.8 Å². The van der Waals surface area contributed by atoms with E-state index in [0.717, 1.165) is 11.4 Å². The fraction of sp³-hybridized carbons (Fsp3) is 0.429. The minimum atomic E-state index is -2.86. The summed E-state index contributed by atoms with van der Waals surface area (Å²) in [6.07, 6.45) is 5.83. The molecule has 1 aliphatic rings. The SMILES string of the molecule is CC.COc1ccncc1N(c1ccc(OC(F)F)cc1)C1CCC(=O)CC1. The van der Waals surface area contributed by atoms with Crippen LogP contribution in [0.3, 0.4) is 0 Å². The van der Waals surface area contributed by atoms with Crippen LogP contribution < -0.4 is 14.4 Å². The van der Waals surface area contributed by atoms with Gasteiger partial charge in [-0.05, 0) is 37.1 Å². The van der Waals surface area contributed by atoms with E-state index in [-0.39, 0.29) is 17.6 Å². The third kappa shape index (κ3) is 5.41. The molecule has 1 aromatic heterocycles. The molecule has 1 saturated carbocycles. The number of alkyl halides is 2. The van der Waals surface area contributed by atoms with Gasteiger partial charge in [0.2, 0.25) is 0 Å². The molecule has 0 bridgehead atoms. The lowest BCUT2D eigenvalue weighted by atomic mass is 9.92. The van der Waals surface area contributed by atoms with Gasteiger partial charge in [0.15, 0.2) is 0 Å². The normalized spacial score (nSPS) is 14.3. The number of methoxy groups -OCH3 is 1. The number of pyridine rings is 1. The Hall–Kier alpha value is -2.70. The molecule has 5 nitrogen and oxygen atoms in total. The molecule has 7 heteroatoms. The predicted octanol–water partition coefficient (Wildman–Crippen LogP) is 5.37.